The van der Waals surface area contributed by atoms with E-state index < -0.39 is 11.9 Å². The standard InChI is InChI=1S/C24H26N2O2.ClH/c1-3-19(24(27)28)18-9-10-22-21(15-18)23-20(16(2)25-22)12-14-26(23)13-11-17-7-5-4-6-8-17;/h4-10,15,19H,3,11-14H2,1-2H3,(H,27,28);1H. The van der Waals surface area contributed by atoms with E-state index in [0.717, 1.165) is 48.1 Å². The molecule has 0 saturated heterocycles. The number of hydrogen-bond donors (Lipinski definition) is 1. The van der Waals surface area contributed by atoms with Crippen LogP contribution in [-0.2, 0) is 17.6 Å². The van der Waals surface area contributed by atoms with Gasteiger partial charge in [0.2, 0.25) is 0 Å². The molecule has 0 aliphatic carbocycles. The summed E-state index contributed by atoms with van der Waals surface area (Å²) in [5, 5.41) is 10.7. The third-order valence-electron chi connectivity index (χ3n) is 5.86. The lowest BCUT2D eigenvalue weighted by atomic mass is 9.94. The number of nitrogens with zero attached hydrogens (tertiary/aromatic N) is 2. The van der Waals surface area contributed by atoms with Gasteiger partial charge in [-0.05, 0) is 55.0 Å². The number of rotatable bonds is 6. The Hall–Kier alpha value is -2.59. The minimum Gasteiger partial charge on any atom is -0.481 e. The maximum Gasteiger partial charge on any atom is 0.310 e. The molecular formula is C24H27ClN2O2. The predicted molar refractivity (Wildman–Crippen MR) is 120 cm³/mol. The molecule has 1 aliphatic heterocycles. The Morgan fingerprint density at radius 2 is 1.97 bits per heavy atom. The van der Waals surface area contributed by atoms with E-state index in [1.165, 1.54) is 16.8 Å². The lowest BCUT2D eigenvalue weighted by molar-refractivity contribution is -0.138. The molecular weight excluding hydrogens is 384 g/mol. The van der Waals surface area contributed by atoms with Gasteiger partial charge in [-0.1, -0.05) is 43.3 Å². The van der Waals surface area contributed by atoms with E-state index >= 15 is 0 Å². The molecule has 2 heterocycles. The van der Waals surface area contributed by atoms with Crippen molar-refractivity contribution in [1.82, 2.24) is 4.98 Å². The monoisotopic (exact) mass is 410 g/mol. The Labute approximate surface area is 178 Å². The number of aliphatic carboxylic acids is 1. The Morgan fingerprint density at radius 3 is 2.66 bits per heavy atom. The van der Waals surface area contributed by atoms with Crippen molar-refractivity contribution < 1.29 is 9.90 Å². The summed E-state index contributed by atoms with van der Waals surface area (Å²) in [6.07, 6.45) is 2.58. The highest BCUT2D eigenvalue weighted by Gasteiger charge is 2.26. The zero-order valence-corrected chi connectivity index (χ0v) is 17.7. The molecule has 0 radical (unpaired) electrons. The third kappa shape index (κ3) is 4.08. The minimum atomic E-state index is -0.764. The summed E-state index contributed by atoms with van der Waals surface area (Å²) in [5.74, 6) is -1.24. The predicted octanol–water partition coefficient (Wildman–Crippen LogP) is 5.15. The number of hydrogen-bond acceptors (Lipinski definition) is 3. The van der Waals surface area contributed by atoms with Crippen LogP contribution in [0.1, 0.15) is 41.6 Å². The van der Waals surface area contributed by atoms with Gasteiger partial charge in [0.05, 0.1) is 17.1 Å². The molecule has 5 heteroatoms. The fourth-order valence-electron chi connectivity index (χ4n) is 4.34. The van der Waals surface area contributed by atoms with Gasteiger partial charge in [-0.3, -0.25) is 9.78 Å². The second kappa shape index (κ2) is 8.83. The summed E-state index contributed by atoms with van der Waals surface area (Å²) in [7, 11) is 0. The van der Waals surface area contributed by atoms with Crippen LogP contribution in [0.4, 0.5) is 5.69 Å². The molecule has 1 unspecified atom stereocenters. The number of aromatic nitrogens is 1. The molecule has 0 saturated carbocycles. The molecule has 0 amide bonds. The maximum atomic E-state index is 11.7. The number of carboxylic acids is 1. The Balaban J connectivity index is 0.00000240. The van der Waals surface area contributed by atoms with E-state index in [4.69, 9.17) is 4.98 Å². The first-order valence-electron chi connectivity index (χ1n) is 10.0. The first-order chi connectivity index (χ1) is 13.6. The van der Waals surface area contributed by atoms with Crippen LogP contribution in [0.15, 0.2) is 48.5 Å². The SMILES string of the molecule is CCC(C(=O)O)c1ccc2nc(C)c3c(c2c1)N(CCc1ccccc1)CC3.Cl. The molecule has 3 aromatic rings. The summed E-state index contributed by atoms with van der Waals surface area (Å²) < 4.78 is 0. The Morgan fingerprint density at radius 1 is 1.21 bits per heavy atom. The second-order valence-electron chi connectivity index (χ2n) is 7.57. The minimum absolute atomic E-state index is 0. The Bertz CT molecular complexity index is 1020. The largest absolute Gasteiger partial charge is 0.481 e. The van der Waals surface area contributed by atoms with Gasteiger partial charge in [0.15, 0.2) is 0 Å². The van der Waals surface area contributed by atoms with Gasteiger partial charge in [0.1, 0.15) is 0 Å². The van der Waals surface area contributed by atoms with Crippen molar-refractivity contribution in [3.63, 3.8) is 0 Å². The highest BCUT2D eigenvalue weighted by molar-refractivity contribution is 5.96. The number of fused-ring (bicyclic) bond motifs is 3. The van der Waals surface area contributed by atoms with Crippen molar-refractivity contribution in [2.45, 2.75) is 39.0 Å². The van der Waals surface area contributed by atoms with Crippen LogP contribution in [0.3, 0.4) is 0 Å². The quantitative estimate of drug-likeness (QED) is 0.610. The summed E-state index contributed by atoms with van der Waals surface area (Å²) >= 11 is 0. The average molecular weight is 411 g/mol. The molecule has 29 heavy (non-hydrogen) atoms. The highest BCUT2D eigenvalue weighted by Crippen LogP contribution is 2.38. The van der Waals surface area contributed by atoms with Gasteiger partial charge in [-0.15, -0.1) is 12.4 Å². The number of pyridine rings is 1. The normalized spacial score (nSPS) is 13.8. The van der Waals surface area contributed by atoms with Gasteiger partial charge in [-0.25, -0.2) is 0 Å². The highest BCUT2D eigenvalue weighted by atomic mass is 35.5. The zero-order valence-electron chi connectivity index (χ0n) is 16.9. The molecule has 152 valence electrons. The zero-order chi connectivity index (χ0) is 19.7. The summed E-state index contributed by atoms with van der Waals surface area (Å²) in [6.45, 7) is 5.95. The van der Waals surface area contributed by atoms with Crippen molar-refractivity contribution in [1.29, 1.82) is 0 Å². The number of carbonyl (C=O) groups is 1. The van der Waals surface area contributed by atoms with Gasteiger partial charge in [0.25, 0.3) is 0 Å². The molecule has 4 rings (SSSR count). The van der Waals surface area contributed by atoms with Crippen LogP contribution in [-0.4, -0.2) is 29.1 Å². The second-order valence-corrected chi connectivity index (χ2v) is 7.57. The van der Waals surface area contributed by atoms with E-state index in [-0.39, 0.29) is 12.4 Å². The van der Waals surface area contributed by atoms with Gasteiger partial charge < -0.3 is 10.0 Å². The molecule has 0 fully saturated rings. The van der Waals surface area contributed by atoms with Gasteiger partial charge >= 0.3 is 5.97 Å². The smallest absolute Gasteiger partial charge is 0.310 e. The van der Waals surface area contributed by atoms with Crippen LogP contribution < -0.4 is 4.90 Å². The van der Waals surface area contributed by atoms with E-state index in [1.54, 1.807) is 0 Å². The van der Waals surface area contributed by atoms with Crippen molar-refractivity contribution in [3.05, 3.63) is 70.9 Å². The van der Waals surface area contributed by atoms with Gasteiger partial charge in [-0.2, -0.15) is 0 Å². The Kier molecular flexibility index (Phi) is 6.43. The number of aryl methyl sites for hydroxylation is 1. The lowest BCUT2D eigenvalue weighted by Crippen LogP contribution is -2.23. The van der Waals surface area contributed by atoms with Crippen molar-refractivity contribution in [3.8, 4) is 0 Å². The molecule has 1 aromatic heterocycles. The van der Waals surface area contributed by atoms with Crippen LogP contribution in [0, 0.1) is 6.92 Å². The van der Waals surface area contributed by atoms with Gasteiger partial charge in [0, 0.05) is 24.2 Å². The molecule has 2 aromatic carbocycles. The van der Waals surface area contributed by atoms with Crippen LogP contribution in [0.2, 0.25) is 0 Å². The van der Waals surface area contributed by atoms with Crippen molar-refractivity contribution >= 4 is 35.0 Å². The van der Waals surface area contributed by atoms with E-state index in [2.05, 4.69) is 42.2 Å². The summed E-state index contributed by atoms with van der Waals surface area (Å²) in [4.78, 5) is 18.9. The van der Waals surface area contributed by atoms with E-state index in [1.807, 2.05) is 25.1 Å². The fourth-order valence-corrected chi connectivity index (χ4v) is 4.34. The molecule has 1 N–H and O–H groups in total. The first kappa shape index (κ1) is 21.1. The van der Waals surface area contributed by atoms with Crippen LogP contribution >= 0.6 is 12.4 Å². The maximum absolute atomic E-state index is 11.7. The molecule has 4 nitrogen and oxygen atoms in total. The molecule has 1 aliphatic rings. The van der Waals surface area contributed by atoms with Crippen molar-refractivity contribution in [2.75, 3.05) is 18.0 Å². The number of benzene rings is 2. The fraction of sp³-hybridized carbons (Fsp3) is 0.333. The summed E-state index contributed by atoms with van der Waals surface area (Å²) in [6, 6.07) is 16.5. The topological polar surface area (TPSA) is 53.4 Å². The van der Waals surface area contributed by atoms with E-state index in [0.29, 0.717) is 6.42 Å². The van der Waals surface area contributed by atoms with Crippen molar-refractivity contribution in [2.24, 2.45) is 0 Å². The summed E-state index contributed by atoms with van der Waals surface area (Å²) in [5.41, 5.74) is 6.80. The van der Waals surface area contributed by atoms with Crippen LogP contribution in [0.5, 0.6) is 0 Å². The molecule has 0 bridgehead atoms. The number of carboxylic acid groups (broad SMARTS) is 1. The van der Waals surface area contributed by atoms with E-state index in [9.17, 15) is 9.90 Å². The number of halogens is 1. The lowest BCUT2D eigenvalue weighted by Gasteiger charge is -2.22. The van der Waals surface area contributed by atoms with Crippen LogP contribution in [0.25, 0.3) is 10.9 Å². The number of anilines is 1. The average Bonchev–Trinajstić information content (AvgIpc) is 3.13. The first-order valence-corrected chi connectivity index (χ1v) is 10.0. The third-order valence-corrected chi connectivity index (χ3v) is 5.86. The molecule has 0 spiro atoms. The molecule has 1 atom stereocenters.